The van der Waals surface area contributed by atoms with Gasteiger partial charge < -0.3 is 10.2 Å². The van der Waals surface area contributed by atoms with E-state index in [0.717, 1.165) is 42.5 Å². The van der Waals surface area contributed by atoms with Gasteiger partial charge in [-0.2, -0.15) is 0 Å². The Balaban J connectivity index is 1.38. The normalized spacial score (nSPS) is 17.8. The van der Waals surface area contributed by atoms with E-state index >= 15 is 0 Å². The number of anilines is 2. The standard InChI is InChI=1S/C18H24N6OS/c25-17(13-26-18-20-21-22-24(18)14-9-10-14)19-15-7-3-4-8-16(15)23-11-5-1-2-6-12-23/h3-4,7-8,14H,1-2,5-6,9-13H2,(H,19,25). The van der Waals surface area contributed by atoms with E-state index in [1.165, 1.54) is 37.4 Å². The van der Waals surface area contributed by atoms with E-state index in [4.69, 9.17) is 0 Å². The fourth-order valence-electron chi connectivity index (χ4n) is 3.31. The molecule has 8 heteroatoms. The summed E-state index contributed by atoms with van der Waals surface area (Å²) in [6, 6.07) is 8.50. The number of rotatable bonds is 6. The van der Waals surface area contributed by atoms with E-state index in [1.807, 2.05) is 22.9 Å². The molecule has 1 aliphatic carbocycles. The minimum absolute atomic E-state index is 0.0254. The van der Waals surface area contributed by atoms with Gasteiger partial charge in [-0.3, -0.25) is 4.79 Å². The third kappa shape index (κ3) is 4.17. The summed E-state index contributed by atoms with van der Waals surface area (Å²) in [7, 11) is 0. The van der Waals surface area contributed by atoms with Crippen molar-refractivity contribution in [1.29, 1.82) is 0 Å². The maximum absolute atomic E-state index is 12.5. The first-order valence-electron chi connectivity index (χ1n) is 9.36. The molecular formula is C18H24N6OS. The monoisotopic (exact) mass is 372 g/mol. The Morgan fingerprint density at radius 3 is 2.69 bits per heavy atom. The van der Waals surface area contributed by atoms with Gasteiger partial charge in [-0.25, -0.2) is 4.68 Å². The maximum atomic E-state index is 12.5. The molecule has 0 radical (unpaired) electrons. The van der Waals surface area contributed by atoms with E-state index in [0.29, 0.717) is 11.8 Å². The van der Waals surface area contributed by atoms with Gasteiger partial charge >= 0.3 is 0 Å². The largest absolute Gasteiger partial charge is 0.370 e. The lowest BCUT2D eigenvalue weighted by Gasteiger charge is -2.25. The first-order valence-corrected chi connectivity index (χ1v) is 10.3. The summed E-state index contributed by atoms with van der Waals surface area (Å²) >= 11 is 1.40. The zero-order valence-electron chi connectivity index (χ0n) is 14.8. The van der Waals surface area contributed by atoms with E-state index in [1.54, 1.807) is 0 Å². The molecule has 4 rings (SSSR count). The van der Waals surface area contributed by atoms with Crippen LogP contribution in [0.1, 0.15) is 44.6 Å². The Kier molecular flexibility index (Phi) is 5.38. The van der Waals surface area contributed by atoms with Crippen molar-refractivity contribution < 1.29 is 4.79 Å². The highest BCUT2D eigenvalue weighted by Gasteiger charge is 2.28. The van der Waals surface area contributed by atoms with Crippen LogP contribution in [0.15, 0.2) is 29.4 Å². The summed E-state index contributed by atoms with van der Waals surface area (Å²) in [4.78, 5) is 14.9. The van der Waals surface area contributed by atoms with Gasteiger partial charge in [0.15, 0.2) is 0 Å². The first-order chi connectivity index (χ1) is 12.8. The highest BCUT2D eigenvalue weighted by Crippen LogP contribution is 2.36. The molecular weight excluding hydrogens is 348 g/mol. The summed E-state index contributed by atoms with van der Waals surface area (Å²) in [6.45, 7) is 2.11. The topological polar surface area (TPSA) is 75.9 Å². The van der Waals surface area contributed by atoms with Crippen LogP contribution in [-0.2, 0) is 4.79 Å². The molecule has 2 aromatic rings. The highest BCUT2D eigenvalue weighted by atomic mass is 32.2. The second-order valence-corrected chi connectivity index (χ2v) is 7.83. The number of aromatic nitrogens is 4. The molecule has 1 saturated carbocycles. The summed E-state index contributed by atoms with van der Waals surface area (Å²) in [5.74, 6) is 0.282. The molecule has 7 nitrogen and oxygen atoms in total. The average Bonchev–Trinajstić information content (AvgIpc) is 3.44. The Morgan fingerprint density at radius 2 is 1.92 bits per heavy atom. The zero-order valence-corrected chi connectivity index (χ0v) is 15.6. The van der Waals surface area contributed by atoms with Crippen molar-refractivity contribution in [2.75, 3.05) is 29.1 Å². The van der Waals surface area contributed by atoms with E-state index in [2.05, 4.69) is 31.8 Å². The Labute approximate surface area is 157 Å². The number of hydrogen-bond donors (Lipinski definition) is 1. The van der Waals surface area contributed by atoms with Crippen molar-refractivity contribution in [3.8, 4) is 0 Å². The molecule has 0 atom stereocenters. The SMILES string of the molecule is O=C(CSc1nnnn1C1CC1)Nc1ccccc1N1CCCCCC1. The number of para-hydroxylation sites is 2. The average molecular weight is 372 g/mol. The van der Waals surface area contributed by atoms with Crippen molar-refractivity contribution in [2.45, 2.75) is 49.7 Å². The second-order valence-electron chi connectivity index (χ2n) is 6.89. The van der Waals surface area contributed by atoms with Crippen LogP contribution in [0.25, 0.3) is 0 Å². The molecule has 1 N–H and O–H groups in total. The van der Waals surface area contributed by atoms with Crippen LogP contribution in [0.2, 0.25) is 0 Å². The number of nitrogens with zero attached hydrogens (tertiary/aromatic N) is 5. The molecule has 1 aromatic heterocycles. The van der Waals surface area contributed by atoms with Gasteiger partial charge in [0.25, 0.3) is 0 Å². The van der Waals surface area contributed by atoms with Gasteiger partial charge in [-0.1, -0.05) is 36.7 Å². The minimum Gasteiger partial charge on any atom is -0.370 e. The second kappa shape index (κ2) is 8.07. The van der Waals surface area contributed by atoms with Crippen LogP contribution in [0.4, 0.5) is 11.4 Å². The molecule has 1 aliphatic heterocycles. The fraction of sp³-hybridized carbons (Fsp3) is 0.556. The molecule has 2 fully saturated rings. The fourth-order valence-corrected chi connectivity index (χ4v) is 4.06. The zero-order chi connectivity index (χ0) is 17.8. The molecule has 2 aliphatic rings. The number of benzene rings is 1. The van der Waals surface area contributed by atoms with E-state index < -0.39 is 0 Å². The van der Waals surface area contributed by atoms with Crippen LogP contribution < -0.4 is 10.2 Å². The van der Waals surface area contributed by atoms with Crippen molar-refractivity contribution in [3.63, 3.8) is 0 Å². The highest BCUT2D eigenvalue weighted by molar-refractivity contribution is 7.99. The molecule has 0 unspecified atom stereocenters. The van der Waals surface area contributed by atoms with Gasteiger partial charge in [0, 0.05) is 13.1 Å². The van der Waals surface area contributed by atoms with Crippen LogP contribution in [-0.4, -0.2) is 45.0 Å². The van der Waals surface area contributed by atoms with Gasteiger partial charge in [0.1, 0.15) is 0 Å². The number of nitrogens with one attached hydrogen (secondary N) is 1. The molecule has 138 valence electrons. The Morgan fingerprint density at radius 1 is 1.15 bits per heavy atom. The van der Waals surface area contributed by atoms with Gasteiger partial charge in [0.2, 0.25) is 11.1 Å². The predicted octanol–water partition coefficient (Wildman–Crippen LogP) is 3.12. The molecule has 2 heterocycles. The molecule has 1 saturated heterocycles. The lowest BCUT2D eigenvalue weighted by Crippen LogP contribution is -2.26. The summed E-state index contributed by atoms with van der Waals surface area (Å²) in [5.41, 5.74) is 2.01. The lowest BCUT2D eigenvalue weighted by atomic mass is 10.2. The van der Waals surface area contributed by atoms with Gasteiger partial charge in [-0.15, -0.1) is 5.10 Å². The Hall–Kier alpha value is -2.09. The quantitative estimate of drug-likeness (QED) is 0.785. The Bertz CT molecular complexity index is 752. The predicted molar refractivity (Wildman–Crippen MR) is 103 cm³/mol. The smallest absolute Gasteiger partial charge is 0.234 e. The van der Waals surface area contributed by atoms with E-state index in [9.17, 15) is 4.79 Å². The summed E-state index contributed by atoms with van der Waals surface area (Å²) in [5, 5.41) is 15.6. The van der Waals surface area contributed by atoms with Crippen LogP contribution in [0.3, 0.4) is 0 Å². The van der Waals surface area contributed by atoms with Crippen molar-refractivity contribution in [2.24, 2.45) is 0 Å². The van der Waals surface area contributed by atoms with Crippen molar-refractivity contribution in [3.05, 3.63) is 24.3 Å². The molecule has 1 aromatic carbocycles. The molecule has 26 heavy (non-hydrogen) atoms. The first kappa shape index (κ1) is 17.3. The number of tetrazole rings is 1. The van der Waals surface area contributed by atoms with Gasteiger partial charge in [-0.05, 0) is 48.2 Å². The molecule has 1 amide bonds. The number of carbonyl (C=O) groups is 1. The van der Waals surface area contributed by atoms with Crippen LogP contribution in [0.5, 0.6) is 0 Å². The maximum Gasteiger partial charge on any atom is 0.234 e. The molecule has 0 spiro atoms. The number of hydrogen-bond acceptors (Lipinski definition) is 6. The number of thioether (sulfide) groups is 1. The van der Waals surface area contributed by atoms with E-state index in [-0.39, 0.29) is 5.91 Å². The van der Waals surface area contributed by atoms with Gasteiger partial charge in [0.05, 0.1) is 23.2 Å². The third-order valence-electron chi connectivity index (χ3n) is 4.81. The van der Waals surface area contributed by atoms with Crippen molar-refractivity contribution in [1.82, 2.24) is 20.2 Å². The van der Waals surface area contributed by atoms with Crippen LogP contribution in [0, 0.1) is 0 Å². The molecule has 0 bridgehead atoms. The third-order valence-corrected chi connectivity index (χ3v) is 5.75. The number of carbonyl (C=O) groups excluding carboxylic acids is 1. The summed E-state index contributed by atoms with van der Waals surface area (Å²) < 4.78 is 1.84. The number of amides is 1. The summed E-state index contributed by atoms with van der Waals surface area (Å²) in [6.07, 6.45) is 7.24. The van der Waals surface area contributed by atoms with Crippen LogP contribution >= 0.6 is 11.8 Å². The van der Waals surface area contributed by atoms with Crippen molar-refractivity contribution >= 4 is 29.0 Å². The lowest BCUT2D eigenvalue weighted by molar-refractivity contribution is -0.113. The minimum atomic E-state index is -0.0254.